The fourth-order valence-electron chi connectivity index (χ4n) is 2.09. The smallest absolute Gasteiger partial charge is 0.298 e. The minimum atomic E-state index is -3.45. The van der Waals surface area contributed by atoms with Gasteiger partial charge in [0.25, 0.3) is 5.92 Å². The van der Waals surface area contributed by atoms with Gasteiger partial charge in [-0.05, 0) is 47.9 Å². The molecule has 0 aliphatic carbocycles. The molecule has 0 fully saturated rings. The molecule has 150 valence electrons. The van der Waals surface area contributed by atoms with Crippen molar-refractivity contribution in [2.45, 2.75) is 44.4 Å². The molecule has 1 aromatic carbocycles. The number of likely N-dealkylation sites (N-methyl/N-ethyl adjacent to an activating group) is 1. The molecule has 0 radical (unpaired) electrons. The topological polar surface area (TPSA) is 41.6 Å². The van der Waals surface area contributed by atoms with Gasteiger partial charge in [-0.3, -0.25) is 0 Å². The van der Waals surface area contributed by atoms with Crippen molar-refractivity contribution >= 4 is 11.0 Å². The Morgan fingerprint density at radius 1 is 1.27 bits per heavy atom. The van der Waals surface area contributed by atoms with Gasteiger partial charge in [0.15, 0.2) is 0 Å². The second kappa shape index (κ2) is 9.30. The lowest BCUT2D eigenvalue weighted by Gasteiger charge is -2.24. The highest BCUT2D eigenvalue weighted by atomic mass is 32.2. The van der Waals surface area contributed by atoms with E-state index in [1.54, 1.807) is 41.8 Å². The van der Waals surface area contributed by atoms with Crippen molar-refractivity contribution in [2.24, 2.45) is 0 Å². The molecule has 2 atom stereocenters. The summed E-state index contributed by atoms with van der Waals surface area (Å²) in [6.45, 7) is 6.65. The highest BCUT2D eigenvalue weighted by Gasteiger charge is 2.36. The van der Waals surface area contributed by atoms with Gasteiger partial charge in [-0.15, -0.1) is 0 Å². The summed E-state index contributed by atoms with van der Waals surface area (Å²) in [6.07, 6.45) is 0. The monoisotopic (exact) mass is 394 g/mol. The van der Waals surface area contributed by atoms with Crippen LogP contribution >= 0.6 is 0 Å². The van der Waals surface area contributed by atoms with Crippen LogP contribution in [0.25, 0.3) is 0 Å². The number of alkyl halides is 2. The van der Waals surface area contributed by atoms with Crippen molar-refractivity contribution in [2.75, 3.05) is 33.9 Å². The maximum atomic E-state index is 14.7. The molecule has 0 spiro atoms. The van der Waals surface area contributed by atoms with Crippen LogP contribution in [0.5, 0.6) is 0 Å². The molecule has 26 heavy (non-hydrogen) atoms. The third-order valence-electron chi connectivity index (χ3n) is 3.70. The Bertz CT molecular complexity index is 619. The molecule has 0 aliphatic rings. The molecule has 1 unspecified atom stereocenters. The first-order valence-electron chi connectivity index (χ1n) is 8.43. The molecule has 8 heteroatoms. The van der Waals surface area contributed by atoms with Crippen LogP contribution < -0.4 is 4.72 Å². The van der Waals surface area contributed by atoms with E-state index in [2.05, 4.69) is 4.72 Å². The van der Waals surface area contributed by atoms with Gasteiger partial charge >= 0.3 is 0 Å². The second-order valence-corrected chi connectivity index (χ2v) is 9.49. The van der Waals surface area contributed by atoms with Gasteiger partial charge in [0, 0.05) is 18.2 Å². The second-order valence-electron chi connectivity index (χ2n) is 7.49. The molecule has 0 saturated heterocycles. The van der Waals surface area contributed by atoms with E-state index in [1.165, 1.54) is 12.1 Å². The maximum Gasteiger partial charge on any atom is 0.298 e. The van der Waals surface area contributed by atoms with Crippen LogP contribution in [0.4, 0.5) is 13.2 Å². The number of nitrogens with zero attached hydrogens (tertiary/aromatic N) is 1. The number of hydrogen-bond acceptors (Lipinski definition) is 3. The first-order valence-corrected chi connectivity index (χ1v) is 9.58. The van der Waals surface area contributed by atoms with Crippen LogP contribution in [0.3, 0.4) is 0 Å². The summed E-state index contributed by atoms with van der Waals surface area (Å²) in [5.74, 6) is -4.45. The summed E-state index contributed by atoms with van der Waals surface area (Å²) in [6, 6.07) is 3.17. The minimum Gasteiger partial charge on any atom is -0.373 e. The van der Waals surface area contributed by atoms with Gasteiger partial charge in [0.1, 0.15) is 12.4 Å². The van der Waals surface area contributed by atoms with Crippen LogP contribution in [0.2, 0.25) is 0 Å². The average Bonchev–Trinajstić information content (AvgIpc) is 2.50. The molecule has 0 heterocycles. The molecule has 1 N–H and O–H groups in total. The normalized spacial score (nSPS) is 15.3. The summed E-state index contributed by atoms with van der Waals surface area (Å²) in [7, 11) is 2.16. The molecule has 0 amide bonds. The predicted octanol–water partition coefficient (Wildman–Crippen LogP) is 3.61. The van der Waals surface area contributed by atoms with E-state index in [0.29, 0.717) is 6.54 Å². The Kier molecular flexibility index (Phi) is 8.26. The number of rotatable bonds is 9. The molecule has 0 aliphatic heterocycles. The van der Waals surface area contributed by atoms with E-state index in [9.17, 15) is 17.4 Å². The number of nitrogens with one attached hydrogen (secondary N) is 1. The van der Waals surface area contributed by atoms with Gasteiger partial charge < -0.3 is 9.64 Å². The van der Waals surface area contributed by atoms with Crippen molar-refractivity contribution in [1.29, 1.82) is 0 Å². The number of halogens is 3. The largest absolute Gasteiger partial charge is 0.373 e. The molecule has 4 nitrogen and oxygen atoms in total. The van der Waals surface area contributed by atoms with Crippen molar-refractivity contribution in [3.8, 4) is 0 Å². The summed E-state index contributed by atoms with van der Waals surface area (Å²) >= 11 is 0. The van der Waals surface area contributed by atoms with Gasteiger partial charge in [0.05, 0.1) is 27.9 Å². The summed E-state index contributed by atoms with van der Waals surface area (Å²) in [5, 5.41) is 0. The zero-order chi connectivity index (χ0) is 20.1. The molecule has 1 rings (SSSR count). The molecule has 0 bridgehead atoms. The van der Waals surface area contributed by atoms with Gasteiger partial charge in [-0.25, -0.2) is 13.3 Å². The van der Waals surface area contributed by atoms with Gasteiger partial charge in [-0.2, -0.15) is 8.78 Å². The molecule has 0 saturated carbocycles. The van der Waals surface area contributed by atoms with E-state index in [-0.39, 0.29) is 12.2 Å². The van der Waals surface area contributed by atoms with Crippen LogP contribution in [-0.2, 0) is 21.6 Å². The van der Waals surface area contributed by atoms with E-state index in [1.807, 2.05) is 4.90 Å². The maximum absolute atomic E-state index is 14.7. The molecule has 1 aromatic rings. The lowest BCUT2D eigenvalue weighted by atomic mass is 10.0. The van der Waals surface area contributed by atoms with E-state index in [0.717, 1.165) is 6.07 Å². The first kappa shape index (κ1) is 23.1. The fraction of sp³-hybridized carbons (Fsp3) is 0.667. The van der Waals surface area contributed by atoms with Crippen molar-refractivity contribution < 1.29 is 22.1 Å². The number of ether oxygens (including phenoxy) is 1. The highest BCUT2D eigenvalue weighted by molar-refractivity contribution is 7.84. The van der Waals surface area contributed by atoms with Crippen LogP contribution in [0.1, 0.15) is 44.9 Å². The lowest BCUT2D eigenvalue weighted by molar-refractivity contribution is -0.0861. The fourth-order valence-corrected chi connectivity index (χ4v) is 2.89. The van der Waals surface area contributed by atoms with Crippen LogP contribution in [-0.4, -0.2) is 47.7 Å². The van der Waals surface area contributed by atoms with E-state index >= 15 is 0 Å². The Morgan fingerprint density at radius 3 is 2.42 bits per heavy atom. The molecular formula is C18H29F3N2O2S. The van der Waals surface area contributed by atoms with E-state index < -0.39 is 45.7 Å². The zero-order valence-electron chi connectivity index (χ0n) is 16.2. The van der Waals surface area contributed by atoms with Gasteiger partial charge in [0.2, 0.25) is 0 Å². The van der Waals surface area contributed by atoms with Gasteiger partial charge in [-0.1, -0.05) is 12.1 Å². The lowest BCUT2D eigenvalue weighted by Crippen LogP contribution is -2.35. The van der Waals surface area contributed by atoms with E-state index in [4.69, 9.17) is 4.74 Å². The first-order chi connectivity index (χ1) is 11.9. The summed E-state index contributed by atoms with van der Waals surface area (Å²) in [5.41, 5.74) is -0.664. The number of benzene rings is 1. The standard InChI is InChI=1S/C18H29F3N2O2S/c1-13(22-26(24)17(2,3)4)14-8-7-9-15(16(14)19)18(20,21)12-25-11-10-23(5)6/h7-9,13,22H,10-12H2,1-6H3/t13-,26?/m1/s1. The summed E-state index contributed by atoms with van der Waals surface area (Å²) < 4.78 is 62.9. The SMILES string of the molecule is C[C@@H](NS(=O)C(C)(C)C)c1cccc(C(F)(F)COCCN(C)C)c1F. The Balaban J connectivity index is 2.92. The Labute approximate surface area is 156 Å². The predicted molar refractivity (Wildman–Crippen MR) is 99.1 cm³/mol. The highest BCUT2D eigenvalue weighted by Crippen LogP contribution is 2.33. The van der Waals surface area contributed by atoms with Crippen LogP contribution in [0.15, 0.2) is 18.2 Å². The quantitative estimate of drug-likeness (QED) is 0.651. The summed E-state index contributed by atoms with van der Waals surface area (Å²) in [4.78, 5) is 1.81. The van der Waals surface area contributed by atoms with Crippen LogP contribution in [0, 0.1) is 5.82 Å². The third kappa shape index (κ3) is 6.64. The molecule has 0 aromatic heterocycles. The van der Waals surface area contributed by atoms with Crippen molar-refractivity contribution in [3.05, 3.63) is 35.1 Å². The van der Waals surface area contributed by atoms with Crippen molar-refractivity contribution in [3.63, 3.8) is 0 Å². The minimum absolute atomic E-state index is 0.0491. The number of hydrogen-bond donors (Lipinski definition) is 1. The zero-order valence-corrected chi connectivity index (χ0v) is 17.1. The Hall–Kier alpha value is -0.960. The Morgan fingerprint density at radius 2 is 1.88 bits per heavy atom. The van der Waals surface area contributed by atoms with Crippen molar-refractivity contribution in [1.82, 2.24) is 9.62 Å². The molecular weight excluding hydrogens is 365 g/mol. The third-order valence-corrected chi connectivity index (χ3v) is 5.38. The average molecular weight is 395 g/mol.